The Balaban J connectivity index is 1.51. The zero-order valence-corrected chi connectivity index (χ0v) is 24.6. The molecule has 0 bridgehead atoms. The maximum atomic E-state index is 12.6. The van der Waals surface area contributed by atoms with E-state index >= 15 is 0 Å². The summed E-state index contributed by atoms with van der Waals surface area (Å²) in [5.74, 6) is -3.13. The van der Waals surface area contributed by atoms with Crippen molar-refractivity contribution in [3.05, 3.63) is 29.8 Å². The molecule has 13 unspecified atom stereocenters. The average molecular weight is 665 g/mol. The summed E-state index contributed by atoms with van der Waals surface area (Å²) in [6.45, 7) is -3.11. The van der Waals surface area contributed by atoms with Gasteiger partial charge < -0.3 is 84.2 Å². The summed E-state index contributed by atoms with van der Waals surface area (Å²) in [4.78, 5) is 12.6. The molecule has 0 aromatic heterocycles. The number of phenols is 1. The quantitative estimate of drug-likeness (QED) is 0.0743. The summed E-state index contributed by atoms with van der Waals surface area (Å²) in [7, 11) is 1.35. The standard InChI is InChI=1S/C28H40O18/c1-40-15-6-12(2-4-13(15)32)3-5-19(34)41-10-18-25(44-27-24(38)23(37)21(35)16(8-29)43-27)14(33)7-20(42-18)46-28(11-31)26(39)22(36)17(9-30)45-28/h2-6,14,16-18,20-27,29-33,35-39H,7-11H2,1H3. The van der Waals surface area contributed by atoms with E-state index in [4.69, 9.17) is 33.2 Å². The van der Waals surface area contributed by atoms with E-state index in [9.17, 15) is 55.9 Å². The van der Waals surface area contributed by atoms with Crippen LogP contribution in [-0.2, 0) is 33.2 Å². The molecular formula is C28H40O18. The number of esters is 1. The molecular weight excluding hydrogens is 624 g/mol. The number of methoxy groups -OCH3 is 1. The summed E-state index contributed by atoms with van der Waals surface area (Å²) in [6.07, 6.45) is -17.2. The number of carbonyl (C=O) groups is 1. The zero-order valence-electron chi connectivity index (χ0n) is 24.6. The summed E-state index contributed by atoms with van der Waals surface area (Å²) in [5, 5.41) is 101. The topological polar surface area (TPSA) is 284 Å². The van der Waals surface area contributed by atoms with Gasteiger partial charge in [0, 0.05) is 12.5 Å². The fourth-order valence-corrected chi connectivity index (χ4v) is 5.30. The summed E-state index contributed by atoms with van der Waals surface area (Å²) in [6, 6.07) is 4.32. The van der Waals surface area contributed by atoms with Gasteiger partial charge in [-0.05, 0) is 23.8 Å². The number of benzene rings is 1. The molecule has 3 heterocycles. The molecule has 1 aromatic carbocycles. The van der Waals surface area contributed by atoms with Gasteiger partial charge in [-0.15, -0.1) is 0 Å². The van der Waals surface area contributed by atoms with Crippen LogP contribution in [0.5, 0.6) is 11.5 Å². The zero-order chi connectivity index (χ0) is 33.8. The van der Waals surface area contributed by atoms with E-state index in [2.05, 4.69) is 0 Å². The van der Waals surface area contributed by atoms with Gasteiger partial charge in [0.2, 0.25) is 5.79 Å². The lowest BCUT2D eigenvalue weighted by Crippen LogP contribution is -2.62. The van der Waals surface area contributed by atoms with Crippen molar-refractivity contribution in [3.8, 4) is 11.5 Å². The van der Waals surface area contributed by atoms with Crippen LogP contribution in [0.15, 0.2) is 24.3 Å². The molecule has 3 aliphatic heterocycles. The minimum atomic E-state index is -2.28. The molecule has 260 valence electrons. The molecule has 46 heavy (non-hydrogen) atoms. The fourth-order valence-electron chi connectivity index (χ4n) is 5.30. The van der Waals surface area contributed by atoms with E-state index in [0.717, 1.165) is 6.08 Å². The molecule has 3 fully saturated rings. The smallest absolute Gasteiger partial charge is 0.330 e. The van der Waals surface area contributed by atoms with Gasteiger partial charge in [-0.3, -0.25) is 0 Å². The highest BCUT2D eigenvalue weighted by molar-refractivity contribution is 5.87. The molecule has 4 rings (SSSR count). The molecule has 0 saturated carbocycles. The van der Waals surface area contributed by atoms with Crippen molar-refractivity contribution >= 4 is 12.0 Å². The van der Waals surface area contributed by atoms with E-state index in [1.807, 2.05) is 0 Å². The number of hydrogen-bond donors (Lipinski definition) is 10. The Bertz CT molecular complexity index is 1180. The third-order valence-electron chi connectivity index (χ3n) is 7.89. The van der Waals surface area contributed by atoms with Crippen molar-refractivity contribution in [1.29, 1.82) is 0 Å². The highest BCUT2D eigenvalue weighted by Crippen LogP contribution is 2.37. The van der Waals surface area contributed by atoms with Gasteiger partial charge in [-0.25, -0.2) is 4.79 Å². The van der Waals surface area contributed by atoms with Crippen LogP contribution in [0, 0.1) is 0 Å². The normalized spacial score (nSPS) is 39.9. The minimum absolute atomic E-state index is 0.114. The summed E-state index contributed by atoms with van der Waals surface area (Å²) < 4.78 is 38.3. The molecule has 10 N–H and O–H groups in total. The average Bonchev–Trinajstić information content (AvgIpc) is 3.29. The second-order valence-electron chi connectivity index (χ2n) is 11.0. The Hall–Kier alpha value is -2.53. The molecule has 18 heteroatoms. The largest absolute Gasteiger partial charge is 0.504 e. The highest BCUT2D eigenvalue weighted by atomic mass is 16.8. The van der Waals surface area contributed by atoms with E-state index in [-0.39, 0.29) is 11.5 Å². The molecule has 18 nitrogen and oxygen atoms in total. The Morgan fingerprint density at radius 3 is 2.30 bits per heavy atom. The lowest BCUT2D eigenvalue weighted by atomic mass is 9.98. The maximum Gasteiger partial charge on any atom is 0.330 e. The summed E-state index contributed by atoms with van der Waals surface area (Å²) in [5.41, 5.74) is 0.473. The van der Waals surface area contributed by atoms with Crippen molar-refractivity contribution < 1.29 is 89.0 Å². The van der Waals surface area contributed by atoms with Crippen molar-refractivity contribution in [1.82, 2.24) is 0 Å². The molecule has 13 atom stereocenters. The van der Waals surface area contributed by atoms with Gasteiger partial charge in [-0.1, -0.05) is 6.07 Å². The van der Waals surface area contributed by atoms with E-state index in [0.29, 0.717) is 5.56 Å². The number of carbonyl (C=O) groups excluding carboxylic acids is 1. The first-order chi connectivity index (χ1) is 21.9. The predicted molar refractivity (Wildman–Crippen MR) is 147 cm³/mol. The monoisotopic (exact) mass is 664 g/mol. The van der Waals surface area contributed by atoms with Crippen LogP contribution >= 0.6 is 0 Å². The van der Waals surface area contributed by atoms with Crippen LogP contribution < -0.4 is 4.74 Å². The number of hydrogen-bond acceptors (Lipinski definition) is 18. The van der Waals surface area contributed by atoms with Gasteiger partial charge in [-0.2, -0.15) is 0 Å². The third kappa shape index (κ3) is 7.77. The number of aliphatic hydroxyl groups is 9. The highest BCUT2D eigenvalue weighted by Gasteiger charge is 2.57. The molecule has 1 aromatic rings. The van der Waals surface area contributed by atoms with Crippen molar-refractivity contribution in [3.63, 3.8) is 0 Å². The van der Waals surface area contributed by atoms with Gasteiger partial charge >= 0.3 is 5.97 Å². The third-order valence-corrected chi connectivity index (χ3v) is 7.89. The van der Waals surface area contributed by atoms with Gasteiger partial charge in [0.15, 0.2) is 24.1 Å². The SMILES string of the molecule is COc1cc(C=CC(=O)OCC2OC(OC3(CO)OC(CO)C(O)C3O)CC(O)C2OC2OC(CO)C(O)C(O)C2O)ccc1O. The van der Waals surface area contributed by atoms with Crippen molar-refractivity contribution in [2.45, 2.75) is 85.8 Å². The Labute approximate surface area is 262 Å². The van der Waals surface area contributed by atoms with Crippen LogP contribution in [0.2, 0.25) is 0 Å². The molecule has 0 aliphatic carbocycles. The first-order valence-corrected chi connectivity index (χ1v) is 14.3. The van der Waals surface area contributed by atoms with Gasteiger partial charge in [0.25, 0.3) is 0 Å². The summed E-state index contributed by atoms with van der Waals surface area (Å²) >= 11 is 0. The second-order valence-corrected chi connectivity index (χ2v) is 11.0. The number of ether oxygens (including phenoxy) is 7. The maximum absolute atomic E-state index is 12.6. The number of aliphatic hydroxyl groups excluding tert-OH is 9. The van der Waals surface area contributed by atoms with E-state index < -0.39 is 118 Å². The van der Waals surface area contributed by atoms with Crippen molar-refractivity contribution in [2.24, 2.45) is 0 Å². The van der Waals surface area contributed by atoms with Gasteiger partial charge in [0.1, 0.15) is 68.1 Å². The van der Waals surface area contributed by atoms with Crippen LogP contribution in [0.1, 0.15) is 12.0 Å². The first-order valence-electron chi connectivity index (χ1n) is 14.3. The Kier molecular flexibility index (Phi) is 12.3. The Morgan fingerprint density at radius 1 is 0.957 bits per heavy atom. The van der Waals surface area contributed by atoms with Crippen molar-refractivity contribution in [2.75, 3.05) is 33.5 Å². The predicted octanol–water partition coefficient (Wildman–Crippen LogP) is -4.56. The van der Waals surface area contributed by atoms with Crippen LogP contribution in [0.25, 0.3) is 6.08 Å². The molecule has 0 amide bonds. The second kappa shape index (κ2) is 15.6. The molecule has 3 aliphatic rings. The van der Waals surface area contributed by atoms with Crippen LogP contribution in [0.3, 0.4) is 0 Å². The van der Waals surface area contributed by atoms with Gasteiger partial charge in [0.05, 0.1) is 26.4 Å². The molecule has 0 radical (unpaired) electrons. The van der Waals surface area contributed by atoms with E-state index in [1.54, 1.807) is 0 Å². The minimum Gasteiger partial charge on any atom is -0.504 e. The number of rotatable bonds is 12. The first kappa shape index (κ1) is 36.3. The van der Waals surface area contributed by atoms with Crippen LogP contribution in [0.4, 0.5) is 0 Å². The molecule has 0 spiro atoms. The van der Waals surface area contributed by atoms with E-state index in [1.165, 1.54) is 31.4 Å². The lowest BCUT2D eigenvalue weighted by Gasteiger charge is -2.45. The fraction of sp³-hybridized carbons (Fsp3) is 0.679. The lowest BCUT2D eigenvalue weighted by molar-refractivity contribution is -0.379. The Morgan fingerprint density at radius 2 is 1.67 bits per heavy atom. The number of phenolic OH excluding ortho intramolecular Hbond substituents is 1. The molecule has 3 saturated heterocycles. The number of aromatic hydroxyl groups is 1. The van der Waals surface area contributed by atoms with Crippen LogP contribution in [-0.4, -0.2) is 170 Å².